The van der Waals surface area contributed by atoms with Crippen molar-refractivity contribution in [2.45, 2.75) is 11.8 Å². The Labute approximate surface area is 120 Å². The predicted molar refractivity (Wildman–Crippen MR) is 76.1 cm³/mol. The summed E-state index contributed by atoms with van der Waals surface area (Å²) in [5, 5.41) is -0.199. The zero-order chi connectivity index (χ0) is 13.0. The molecule has 0 spiro atoms. The molecule has 1 atom stereocenters. The van der Waals surface area contributed by atoms with Crippen molar-refractivity contribution < 1.29 is 9.15 Å². The van der Waals surface area contributed by atoms with Crippen molar-refractivity contribution >= 4 is 27.5 Å². The van der Waals surface area contributed by atoms with Crippen LogP contribution in [0.15, 0.2) is 45.7 Å². The van der Waals surface area contributed by atoms with E-state index in [2.05, 4.69) is 28.1 Å². The first-order valence-corrected chi connectivity index (χ1v) is 6.90. The molecule has 0 N–H and O–H groups in total. The molecule has 1 unspecified atom stereocenters. The fraction of sp³-hybridized carbons (Fsp3) is 0.286. The second kappa shape index (κ2) is 6.41. The van der Waals surface area contributed by atoms with E-state index in [0.29, 0.717) is 4.67 Å². The van der Waals surface area contributed by atoms with Gasteiger partial charge in [-0.25, -0.2) is 0 Å². The minimum absolute atomic E-state index is 0.199. The van der Waals surface area contributed by atoms with Gasteiger partial charge in [-0.15, -0.1) is 11.6 Å². The number of hydrogen-bond donors (Lipinski definition) is 0. The lowest BCUT2D eigenvalue weighted by Gasteiger charge is -2.09. The minimum Gasteiger partial charge on any atom is -0.457 e. The maximum atomic E-state index is 6.42. The Hall–Kier alpha value is -0.770. The lowest BCUT2D eigenvalue weighted by molar-refractivity contribution is 0.202. The number of furan rings is 1. The second-order valence-corrected chi connectivity index (χ2v) is 5.15. The topological polar surface area (TPSA) is 22.4 Å². The lowest BCUT2D eigenvalue weighted by Crippen LogP contribution is -1.96. The van der Waals surface area contributed by atoms with Gasteiger partial charge in [0.25, 0.3) is 0 Å². The normalized spacial score (nSPS) is 12.6. The van der Waals surface area contributed by atoms with Crippen molar-refractivity contribution in [3.05, 3.63) is 58.0 Å². The van der Waals surface area contributed by atoms with Gasteiger partial charge in [-0.05, 0) is 39.5 Å². The Morgan fingerprint density at radius 2 is 2.00 bits per heavy atom. The molecule has 2 aromatic rings. The maximum absolute atomic E-state index is 6.42. The Balaban J connectivity index is 2.12. The quantitative estimate of drug-likeness (QED) is 0.750. The van der Waals surface area contributed by atoms with Crippen LogP contribution in [0.4, 0.5) is 0 Å². The summed E-state index contributed by atoms with van der Waals surface area (Å²) in [6.45, 7) is 0.733. The molecule has 0 amide bonds. The largest absolute Gasteiger partial charge is 0.457 e. The third-order valence-electron chi connectivity index (χ3n) is 2.79. The smallest absolute Gasteiger partial charge is 0.173 e. The molecule has 0 fully saturated rings. The van der Waals surface area contributed by atoms with E-state index >= 15 is 0 Å². The van der Waals surface area contributed by atoms with E-state index in [4.69, 9.17) is 20.8 Å². The van der Waals surface area contributed by atoms with Gasteiger partial charge < -0.3 is 9.15 Å². The lowest BCUT2D eigenvalue weighted by atomic mass is 10.0. The van der Waals surface area contributed by atoms with Crippen molar-refractivity contribution in [3.8, 4) is 0 Å². The van der Waals surface area contributed by atoms with Crippen molar-refractivity contribution in [1.82, 2.24) is 0 Å². The molecule has 0 aliphatic rings. The van der Waals surface area contributed by atoms with E-state index < -0.39 is 0 Å². The van der Waals surface area contributed by atoms with Crippen molar-refractivity contribution in [3.63, 3.8) is 0 Å². The van der Waals surface area contributed by atoms with Crippen LogP contribution in [0.3, 0.4) is 0 Å². The molecule has 0 radical (unpaired) electrons. The Kier molecular flexibility index (Phi) is 4.87. The number of alkyl halides is 1. The maximum Gasteiger partial charge on any atom is 0.173 e. The zero-order valence-corrected chi connectivity index (χ0v) is 12.4. The first-order chi connectivity index (χ1) is 8.72. The van der Waals surface area contributed by atoms with Gasteiger partial charge in [-0.1, -0.05) is 24.3 Å². The highest BCUT2D eigenvalue weighted by molar-refractivity contribution is 9.10. The molecule has 0 aliphatic carbocycles. The summed E-state index contributed by atoms with van der Waals surface area (Å²) in [6, 6.07) is 10.1. The van der Waals surface area contributed by atoms with Crippen LogP contribution in [0.2, 0.25) is 0 Å². The number of rotatable bonds is 5. The van der Waals surface area contributed by atoms with Gasteiger partial charge in [0.1, 0.15) is 0 Å². The monoisotopic (exact) mass is 328 g/mol. The first kappa shape index (κ1) is 13.7. The third kappa shape index (κ3) is 3.16. The summed E-state index contributed by atoms with van der Waals surface area (Å²) in [5.74, 6) is 0. The van der Waals surface area contributed by atoms with E-state index in [1.807, 2.05) is 18.2 Å². The molecule has 1 heterocycles. The Morgan fingerprint density at radius 1 is 1.28 bits per heavy atom. The van der Waals surface area contributed by atoms with E-state index in [1.165, 1.54) is 5.56 Å². The second-order valence-electron chi connectivity index (χ2n) is 4.00. The molecular weight excluding hydrogens is 316 g/mol. The van der Waals surface area contributed by atoms with Crippen LogP contribution < -0.4 is 0 Å². The van der Waals surface area contributed by atoms with Crippen LogP contribution in [0.1, 0.15) is 22.1 Å². The summed E-state index contributed by atoms with van der Waals surface area (Å²) >= 11 is 9.77. The van der Waals surface area contributed by atoms with Crippen LogP contribution in [-0.2, 0) is 11.2 Å². The molecule has 2 nitrogen and oxygen atoms in total. The van der Waals surface area contributed by atoms with E-state index in [1.54, 1.807) is 13.4 Å². The average Bonchev–Trinajstić information content (AvgIpc) is 2.82. The van der Waals surface area contributed by atoms with Gasteiger partial charge in [-0.3, -0.25) is 0 Å². The van der Waals surface area contributed by atoms with Gasteiger partial charge >= 0.3 is 0 Å². The van der Waals surface area contributed by atoms with Crippen molar-refractivity contribution in [2.75, 3.05) is 13.7 Å². The molecule has 2 rings (SSSR count). The molecule has 1 aromatic heterocycles. The average molecular weight is 330 g/mol. The molecule has 0 aliphatic heterocycles. The van der Waals surface area contributed by atoms with Gasteiger partial charge in [0.05, 0.1) is 18.2 Å². The molecule has 0 bridgehead atoms. The Morgan fingerprint density at radius 3 is 2.56 bits per heavy atom. The van der Waals surface area contributed by atoms with Crippen molar-refractivity contribution in [1.29, 1.82) is 0 Å². The highest BCUT2D eigenvalue weighted by Crippen LogP contribution is 2.34. The minimum atomic E-state index is -0.199. The molecular formula is C14H14BrClO2. The Bertz CT molecular complexity index is 493. The first-order valence-electron chi connectivity index (χ1n) is 5.67. The summed E-state index contributed by atoms with van der Waals surface area (Å²) in [4.78, 5) is 0. The van der Waals surface area contributed by atoms with Gasteiger partial charge in [0, 0.05) is 12.7 Å². The summed E-state index contributed by atoms with van der Waals surface area (Å²) in [6.07, 6.45) is 2.54. The van der Waals surface area contributed by atoms with Crippen LogP contribution in [-0.4, -0.2) is 13.7 Å². The van der Waals surface area contributed by atoms with Gasteiger partial charge in [-0.2, -0.15) is 0 Å². The molecule has 96 valence electrons. The van der Waals surface area contributed by atoms with Crippen LogP contribution in [0.5, 0.6) is 0 Å². The van der Waals surface area contributed by atoms with Crippen LogP contribution >= 0.6 is 27.5 Å². The van der Waals surface area contributed by atoms with Crippen LogP contribution in [0.25, 0.3) is 0 Å². The van der Waals surface area contributed by atoms with Gasteiger partial charge in [0.2, 0.25) is 0 Å². The summed E-state index contributed by atoms with van der Waals surface area (Å²) < 4.78 is 10.9. The number of methoxy groups -OCH3 is 1. The zero-order valence-electron chi connectivity index (χ0n) is 10.0. The fourth-order valence-corrected chi connectivity index (χ4v) is 2.66. The van der Waals surface area contributed by atoms with E-state index in [0.717, 1.165) is 24.2 Å². The summed E-state index contributed by atoms with van der Waals surface area (Å²) in [5.41, 5.74) is 3.25. The van der Waals surface area contributed by atoms with Crippen molar-refractivity contribution in [2.24, 2.45) is 0 Å². The number of ether oxygens (including phenoxy) is 1. The standard InChI is InChI=1S/C14H14BrClO2/c1-17-8-6-10-2-4-11(5-3-10)13(16)12-7-9-18-14(12)15/h2-5,7,9,13H,6,8H2,1H3. The summed E-state index contributed by atoms with van der Waals surface area (Å²) in [7, 11) is 1.71. The SMILES string of the molecule is COCCc1ccc(C(Cl)c2ccoc2Br)cc1. The number of hydrogen-bond acceptors (Lipinski definition) is 2. The van der Waals surface area contributed by atoms with E-state index in [9.17, 15) is 0 Å². The molecule has 0 saturated carbocycles. The predicted octanol–water partition coefficient (Wildman–Crippen LogP) is 4.56. The fourth-order valence-electron chi connectivity index (χ4n) is 1.74. The van der Waals surface area contributed by atoms with Gasteiger partial charge in [0.15, 0.2) is 4.67 Å². The third-order valence-corrected chi connectivity index (χ3v) is 3.92. The van der Waals surface area contributed by atoms with Crippen LogP contribution in [0, 0.1) is 0 Å². The highest BCUT2D eigenvalue weighted by atomic mass is 79.9. The van der Waals surface area contributed by atoms with E-state index in [-0.39, 0.29) is 5.38 Å². The molecule has 0 saturated heterocycles. The number of halogens is 2. The molecule has 1 aromatic carbocycles. The number of benzene rings is 1. The molecule has 18 heavy (non-hydrogen) atoms. The molecule has 4 heteroatoms. The highest BCUT2D eigenvalue weighted by Gasteiger charge is 2.15.